The summed E-state index contributed by atoms with van der Waals surface area (Å²) in [6, 6.07) is 10.6. The maximum Gasteiger partial charge on any atom is 0.411 e. The topological polar surface area (TPSA) is 94.5 Å². The van der Waals surface area contributed by atoms with Gasteiger partial charge in [0.15, 0.2) is 0 Å². The molecule has 3 saturated heterocycles. The Labute approximate surface area is 284 Å². The molecule has 10 nitrogen and oxygen atoms in total. The number of anilines is 2. The first-order chi connectivity index (χ1) is 22.8. The summed E-state index contributed by atoms with van der Waals surface area (Å²) in [5.74, 6) is 0.600. The SMILES string of the molecule is CN1CCCC1COc1nc2c(c(N3CC4CC(O)(C(F)F)C(C3)N4C(=O)OC(C)(C)C)n1)CCN(c1cccc3cccc(Cl)c13)C2. The van der Waals surface area contributed by atoms with E-state index in [1.165, 1.54) is 4.90 Å². The van der Waals surface area contributed by atoms with Crippen LogP contribution in [0, 0.1) is 0 Å². The Balaban J connectivity index is 1.24. The van der Waals surface area contributed by atoms with E-state index in [9.17, 15) is 18.7 Å². The Morgan fingerprint density at radius 3 is 2.60 bits per heavy atom. The van der Waals surface area contributed by atoms with Crippen LogP contribution in [0.15, 0.2) is 36.4 Å². The Bertz CT molecular complexity index is 1700. The number of aromatic nitrogens is 2. The second-order valence-corrected chi connectivity index (χ2v) is 15.0. The summed E-state index contributed by atoms with van der Waals surface area (Å²) in [6.07, 6.45) is -1.29. The highest BCUT2D eigenvalue weighted by Gasteiger charge is 2.62. The van der Waals surface area contributed by atoms with E-state index in [1.807, 2.05) is 35.2 Å². The maximum atomic E-state index is 14.5. The van der Waals surface area contributed by atoms with Gasteiger partial charge in [-0.15, -0.1) is 0 Å². The molecule has 3 aromatic rings. The number of carbonyl (C=O) groups excluding carboxylic acids is 1. The van der Waals surface area contributed by atoms with Crippen LogP contribution >= 0.6 is 11.6 Å². The van der Waals surface area contributed by atoms with Crippen molar-refractivity contribution >= 4 is 40.0 Å². The van der Waals surface area contributed by atoms with Crippen molar-refractivity contribution < 1.29 is 28.2 Å². The summed E-state index contributed by atoms with van der Waals surface area (Å²) >= 11 is 6.70. The molecular weight excluding hydrogens is 642 g/mol. The van der Waals surface area contributed by atoms with Crippen LogP contribution in [-0.4, -0.2) is 107 Å². The quantitative estimate of drug-likeness (QED) is 0.361. The third-order valence-corrected chi connectivity index (χ3v) is 10.6. The van der Waals surface area contributed by atoms with Crippen LogP contribution in [0.3, 0.4) is 0 Å². The lowest BCUT2D eigenvalue weighted by Crippen LogP contribution is -2.62. The molecule has 2 aromatic carbocycles. The van der Waals surface area contributed by atoms with E-state index in [2.05, 4.69) is 22.9 Å². The van der Waals surface area contributed by atoms with Gasteiger partial charge in [0.2, 0.25) is 0 Å². The van der Waals surface area contributed by atoms with E-state index in [0.29, 0.717) is 37.0 Å². The number of rotatable bonds is 6. The van der Waals surface area contributed by atoms with Gasteiger partial charge in [0.1, 0.15) is 23.6 Å². The minimum absolute atomic E-state index is 0.0342. The lowest BCUT2D eigenvalue weighted by Gasteiger charge is -2.44. The first-order valence-electron chi connectivity index (χ1n) is 16.7. The molecule has 4 aliphatic rings. The molecule has 0 saturated carbocycles. The average molecular weight is 685 g/mol. The molecule has 48 heavy (non-hydrogen) atoms. The summed E-state index contributed by atoms with van der Waals surface area (Å²) in [4.78, 5) is 30.9. The van der Waals surface area contributed by atoms with Gasteiger partial charge < -0.3 is 29.3 Å². The number of halogens is 3. The predicted octanol–water partition coefficient (Wildman–Crippen LogP) is 5.51. The second-order valence-electron chi connectivity index (χ2n) is 14.6. The van der Waals surface area contributed by atoms with Gasteiger partial charge in [-0.25, -0.2) is 13.6 Å². The summed E-state index contributed by atoms with van der Waals surface area (Å²) in [6.45, 7) is 7.94. The van der Waals surface area contributed by atoms with Crippen molar-refractivity contribution in [2.24, 2.45) is 0 Å². The molecule has 1 aromatic heterocycles. The monoisotopic (exact) mass is 684 g/mol. The molecule has 0 radical (unpaired) electrons. The minimum Gasteiger partial charge on any atom is -0.462 e. The van der Waals surface area contributed by atoms with Crippen LogP contribution < -0.4 is 14.5 Å². The highest BCUT2D eigenvalue weighted by Crippen LogP contribution is 2.44. The lowest BCUT2D eigenvalue weighted by molar-refractivity contribution is -0.111. The first-order valence-corrected chi connectivity index (χ1v) is 17.1. The van der Waals surface area contributed by atoms with E-state index in [4.69, 9.17) is 31.0 Å². The number of benzene rings is 2. The van der Waals surface area contributed by atoms with Crippen molar-refractivity contribution in [2.75, 3.05) is 49.6 Å². The maximum absolute atomic E-state index is 14.5. The highest BCUT2D eigenvalue weighted by molar-refractivity contribution is 6.36. The molecule has 1 N–H and O–H groups in total. The molecule has 1 amide bonds. The number of hydrogen-bond acceptors (Lipinski definition) is 9. The standard InChI is InChI=1S/C35H43ClF2N6O4/c1-34(2,3)48-33(45)44-23-16-35(46,31(37)38)28(44)19-43(17-23)30-24-13-15-42(27-12-6-9-21-8-5-11-25(36)29(21)27)18-26(24)39-32(40-30)47-20-22-10-7-14-41(22)4/h5-6,8-9,11-12,22-23,28,31,46H,7,10,13-20H2,1-4H3. The van der Waals surface area contributed by atoms with E-state index in [1.54, 1.807) is 20.8 Å². The van der Waals surface area contributed by atoms with Gasteiger partial charge in [-0.1, -0.05) is 35.9 Å². The van der Waals surface area contributed by atoms with E-state index < -0.39 is 35.8 Å². The zero-order valence-electron chi connectivity index (χ0n) is 27.8. The third kappa shape index (κ3) is 6.00. The second kappa shape index (κ2) is 12.4. The molecule has 4 unspecified atom stereocenters. The third-order valence-electron chi connectivity index (χ3n) is 10.2. The number of nitrogens with zero attached hydrogens (tertiary/aromatic N) is 6. The van der Waals surface area contributed by atoms with Crippen LogP contribution in [-0.2, 0) is 17.7 Å². The summed E-state index contributed by atoms with van der Waals surface area (Å²) in [5.41, 5.74) is -0.489. The Morgan fingerprint density at radius 2 is 1.90 bits per heavy atom. The molecule has 4 aliphatic heterocycles. The van der Waals surface area contributed by atoms with Crippen molar-refractivity contribution in [2.45, 2.75) is 88.8 Å². The molecule has 0 aliphatic carbocycles. The average Bonchev–Trinajstić information content (AvgIpc) is 3.53. The number of aliphatic hydroxyl groups is 1. The first kappa shape index (κ1) is 33.0. The molecule has 258 valence electrons. The highest BCUT2D eigenvalue weighted by atomic mass is 35.5. The number of fused-ring (bicyclic) bond motifs is 4. The van der Waals surface area contributed by atoms with Gasteiger partial charge in [0.25, 0.3) is 6.43 Å². The molecule has 3 fully saturated rings. The van der Waals surface area contributed by atoms with Crippen LogP contribution in [0.4, 0.5) is 25.1 Å². The zero-order chi connectivity index (χ0) is 34.0. The van der Waals surface area contributed by atoms with Gasteiger partial charge in [-0.3, -0.25) is 4.90 Å². The number of alkyl halides is 2. The molecule has 0 spiro atoms. The Kier molecular flexibility index (Phi) is 8.56. The minimum atomic E-state index is -3.04. The van der Waals surface area contributed by atoms with Crippen LogP contribution in [0.25, 0.3) is 10.8 Å². The molecule has 7 rings (SSSR count). The molecular formula is C35H43ClF2N6O4. The predicted molar refractivity (Wildman–Crippen MR) is 180 cm³/mol. The van der Waals surface area contributed by atoms with Crippen molar-refractivity contribution in [3.05, 3.63) is 52.7 Å². The number of piperazine rings is 1. The molecule has 5 heterocycles. The van der Waals surface area contributed by atoms with Crippen LogP contribution in [0.1, 0.15) is 51.3 Å². The van der Waals surface area contributed by atoms with Crippen molar-refractivity contribution in [1.29, 1.82) is 0 Å². The van der Waals surface area contributed by atoms with Gasteiger partial charge in [-0.05, 0) is 71.1 Å². The van der Waals surface area contributed by atoms with Gasteiger partial charge in [-0.2, -0.15) is 9.97 Å². The summed E-state index contributed by atoms with van der Waals surface area (Å²) < 4.78 is 40.9. The lowest BCUT2D eigenvalue weighted by atomic mass is 9.94. The number of ether oxygens (including phenoxy) is 2. The van der Waals surface area contributed by atoms with Crippen molar-refractivity contribution in [3.63, 3.8) is 0 Å². The number of amides is 1. The summed E-state index contributed by atoms with van der Waals surface area (Å²) in [7, 11) is 2.08. The fraction of sp³-hybridized carbons (Fsp3) is 0.571. The van der Waals surface area contributed by atoms with Crippen LogP contribution in [0.5, 0.6) is 6.01 Å². The summed E-state index contributed by atoms with van der Waals surface area (Å²) in [5, 5.41) is 14.0. The normalized spacial score (nSPS) is 26.0. The molecule has 13 heteroatoms. The zero-order valence-corrected chi connectivity index (χ0v) is 28.6. The molecule has 2 bridgehead atoms. The Hall–Kier alpha value is -3.48. The smallest absolute Gasteiger partial charge is 0.411 e. The number of carbonyl (C=O) groups is 1. The van der Waals surface area contributed by atoms with Crippen LogP contribution in [0.2, 0.25) is 5.02 Å². The van der Waals surface area contributed by atoms with Gasteiger partial charge in [0.05, 0.1) is 29.3 Å². The van der Waals surface area contributed by atoms with E-state index in [0.717, 1.165) is 47.1 Å². The van der Waals surface area contributed by atoms with Gasteiger partial charge in [0, 0.05) is 48.7 Å². The number of hydrogen-bond donors (Lipinski definition) is 1. The van der Waals surface area contributed by atoms with E-state index >= 15 is 0 Å². The van der Waals surface area contributed by atoms with Crippen molar-refractivity contribution in [3.8, 4) is 6.01 Å². The van der Waals surface area contributed by atoms with Crippen molar-refractivity contribution in [1.82, 2.24) is 19.8 Å². The Morgan fingerprint density at radius 1 is 1.12 bits per heavy atom. The largest absolute Gasteiger partial charge is 0.462 e. The fourth-order valence-corrected chi connectivity index (χ4v) is 8.14. The number of likely N-dealkylation sites (tertiary alicyclic amines) is 1. The van der Waals surface area contributed by atoms with E-state index in [-0.39, 0.29) is 31.6 Å². The molecule has 4 atom stereocenters. The number of likely N-dealkylation sites (N-methyl/N-ethyl adjacent to an activating group) is 1. The van der Waals surface area contributed by atoms with Gasteiger partial charge >= 0.3 is 12.1 Å². The fourth-order valence-electron chi connectivity index (χ4n) is 7.86.